The Hall–Kier alpha value is -1.31. The van der Waals surface area contributed by atoms with Crippen LogP contribution in [0.2, 0.25) is 0 Å². The van der Waals surface area contributed by atoms with Gasteiger partial charge in [0.1, 0.15) is 0 Å². The zero-order chi connectivity index (χ0) is 17.5. The van der Waals surface area contributed by atoms with Crippen LogP contribution in [0, 0.1) is 5.92 Å². The molecule has 0 unspecified atom stereocenters. The van der Waals surface area contributed by atoms with Gasteiger partial charge in [0.25, 0.3) is 0 Å². The predicted molar refractivity (Wildman–Crippen MR) is 117 cm³/mol. The molecule has 5 nitrogen and oxygen atoms in total. The fourth-order valence-corrected chi connectivity index (χ4v) is 3.18. The molecular formula is C20H31IN4O. The van der Waals surface area contributed by atoms with Crippen LogP contribution in [0.5, 0.6) is 0 Å². The molecule has 0 radical (unpaired) electrons. The summed E-state index contributed by atoms with van der Waals surface area (Å²) in [5.74, 6) is 1.93. The van der Waals surface area contributed by atoms with Crippen molar-refractivity contribution < 1.29 is 4.79 Å². The van der Waals surface area contributed by atoms with Crippen LogP contribution in [0.3, 0.4) is 0 Å². The number of nitrogens with zero attached hydrogens (tertiary/aromatic N) is 2. The smallest absolute Gasteiger partial charge is 0.222 e. The minimum atomic E-state index is 0. The second-order valence-electron chi connectivity index (χ2n) is 7.03. The van der Waals surface area contributed by atoms with Gasteiger partial charge in [-0.15, -0.1) is 24.0 Å². The Labute approximate surface area is 174 Å². The highest BCUT2D eigenvalue weighted by Crippen LogP contribution is 2.28. The molecule has 1 fully saturated rings. The third-order valence-electron chi connectivity index (χ3n) is 4.89. The standard InChI is InChI=1S/C20H30N4O.HI/c1-2-21-20(23-14-16-9-10-16)22-12-5-8-19(25)24-13-11-17-6-3-4-7-18(17)15-24;/h3-4,6-7,16H,2,5,8-15H2,1H3,(H2,21,22,23);1H. The van der Waals surface area contributed by atoms with Crippen molar-refractivity contribution in [3.8, 4) is 0 Å². The normalized spacial score (nSPS) is 16.5. The third-order valence-corrected chi connectivity index (χ3v) is 4.89. The van der Waals surface area contributed by atoms with E-state index in [0.717, 1.165) is 57.4 Å². The van der Waals surface area contributed by atoms with Gasteiger partial charge in [0.2, 0.25) is 5.91 Å². The van der Waals surface area contributed by atoms with Gasteiger partial charge < -0.3 is 15.5 Å². The topological polar surface area (TPSA) is 56.7 Å². The number of benzene rings is 1. The monoisotopic (exact) mass is 470 g/mol. The number of hydrogen-bond acceptors (Lipinski definition) is 2. The maximum Gasteiger partial charge on any atom is 0.222 e. The molecule has 0 aromatic heterocycles. The molecule has 0 saturated heterocycles. The molecule has 1 aromatic rings. The van der Waals surface area contributed by atoms with Crippen LogP contribution in [0.25, 0.3) is 0 Å². The summed E-state index contributed by atoms with van der Waals surface area (Å²) in [5, 5.41) is 6.62. The molecule has 0 atom stereocenters. The summed E-state index contributed by atoms with van der Waals surface area (Å²) in [6.45, 7) is 6.24. The molecule has 144 valence electrons. The largest absolute Gasteiger partial charge is 0.357 e. The average molecular weight is 470 g/mol. The Balaban J connectivity index is 0.00000243. The number of guanidine groups is 1. The van der Waals surface area contributed by atoms with Crippen molar-refractivity contribution in [3.63, 3.8) is 0 Å². The second-order valence-corrected chi connectivity index (χ2v) is 7.03. The van der Waals surface area contributed by atoms with Gasteiger partial charge in [0.05, 0.1) is 0 Å². The summed E-state index contributed by atoms with van der Waals surface area (Å²) >= 11 is 0. The van der Waals surface area contributed by atoms with Crippen molar-refractivity contribution in [2.24, 2.45) is 10.9 Å². The van der Waals surface area contributed by atoms with Crippen LogP contribution in [-0.4, -0.2) is 42.9 Å². The van der Waals surface area contributed by atoms with Gasteiger partial charge in [-0.3, -0.25) is 9.79 Å². The summed E-state index contributed by atoms with van der Waals surface area (Å²) in [6.07, 6.45) is 5.04. The predicted octanol–water partition coefficient (Wildman–Crippen LogP) is 2.93. The fourth-order valence-electron chi connectivity index (χ4n) is 3.18. The number of halogens is 1. The molecule has 0 spiro atoms. The quantitative estimate of drug-likeness (QED) is 0.279. The van der Waals surface area contributed by atoms with Crippen LogP contribution < -0.4 is 10.6 Å². The molecule has 0 bridgehead atoms. The van der Waals surface area contributed by atoms with Crippen molar-refractivity contribution >= 4 is 35.8 Å². The van der Waals surface area contributed by atoms with E-state index < -0.39 is 0 Å². The number of rotatable bonds is 7. The highest BCUT2D eigenvalue weighted by atomic mass is 127. The highest BCUT2D eigenvalue weighted by molar-refractivity contribution is 14.0. The third kappa shape index (κ3) is 6.45. The number of hydrogen-bond donors (Lipinski definition) is 2. The summed E-state index contributed by atoms with van der Waals surface area (Å²) in [5.41, 5.74) is 2.68. The Morgan fingerprint density at radius 3 is 2.73 bits per heavy atom. The van der Waals surface area contributed by atoms with Crippen LogP contribution in [0.15, 0.2) is 29.3 Å². The first-order valence-electron chi connectivity index (χ1n) is 9.63. The minimum Gasteiger partial charge on any atom is -0.357 e. The lowest BCUT2D eigenvalue weighted by molar-refractivity contribution is -0.132. The van der Waals surface area contributed by atoms with E-state index in [2.05, 4.69) is 46.8 Å². The second kappa shape index (κ2) is 10.7. The van der Waals surface area contributed by atoms with Crippen molar-refractivity contribution in [1.82, 2.24) is 15.5 Å². The SMILES string of the molecule is CCNC(=NCC1CC1)NCCCC(=O)N1CCc2ccccc2C1.I. The van der Waals surface area contributed by atoms with E-state index in [-0.39, 0.29) is 29.9 Å². The fraction of sp³-hybridized carbons (Fsp3) is 0.600. The maximum atomic E-state index is 12.5. The van der Waals surface area contributed by atoms with Gasteiger partial charge in [-0.05, 0) is 49.7 Å². The van der Waals surface area contributed by atoms with Crippen molar-refractivity contribution in [1.29, 1.82) is 0 Å². The van der Waals surface area contributed by atoms with Crippen LogP contribution in [-0.2, 0) is 17.8 Å². The van der Waals surface area contributed by atoms with E-state index in [1.807, 2.05) is 4.90 Å². The number of amides is 1. The molecule has 1 aliphatic carbocycles. The molecular weight excluding hydrogens is 439 g/mol. The maximum absolute atomic E-state index is 12.5. The lowest BCUT2D eigenvalue weighted by atomic mass is 9.99. The molecule has 1 aromatic carbocycles. The lowest BCUT2D eigenvalue weighted by Crippen LogP contribution is -2.39. The molecule has 1 heterocycles. The zero-order valence-corrected chi connectivity index (χ0v) is 18.0. The highest BCUT2D eigenvalue weighted by Gasteiger charge is 2.21. The van der Waals surface area contributed by atoms with E-state index in [1.165, 1.54) is 24.0 Å². The number of aliphatic imine (C=N–C) groups is 1. The van der Waals surface area contributed by atoms with Gasteiger partial charge in [-0.2, -0.15) is 0 Å². The van der Waals surface area contributed by atoms with Crippen molar-refractivity contribution in [2.45, 2.75) is 45.6 Å². The molecule has 6 heteroatoms. The van der Waals surface area contributed by atoms with E-state index >= 15 is 0 Å². The van der Waals surface area contributed by atoms with E-state index in [4.69, 9.17) is 0 Å². The Bertz CT molecular complexity index is 616. The van der Waals surface area contributed by atoms with Gasteiger partial charge in [0.15, 0.2) is 5.96 Å². The molecule has 26 heavy (non-hydrogen) atoms. The summed E-state index contributed by atoms with van der Waals surface area (Å²) in [6, 6.07) is 8.44. The molecule has 1 aliphatic heterocycles. The number of carbonyl (C=O) groups is 1. The zero-order valence-electron chi connectivity index (χ0n) is 15.7. The molecule has 1 amide bonds. The number of nitrogens with one attached hydrogen (secondary N) is 2. The van der Waals surface area contributed by atoms with E-state index in [9.17, 15) is 4.79 Å². The molecule has 2 aliphatic rings. The average Bonchev–Trinajstić information content (AvgIpc) is 3.47. The van der Waals surface area contributed by atoms with Gasteiger partial charge >= 0.3 is 0 Å². The van der Waals surface area contributed by atoms with Crippen LogP contribution in [0.4, 0.5) is 0 Å². The van der Waals surface area contributed by atoms with Crippen molar-refractivity contribution in [3.05, 3.63) is 35.4 Å². The minimum absolute atomic E-state index is 0. The first-order chi connectivity index (χ1) is 12.3. The number of carbonyl (C=O) groups excluding carboxylic acids is 1. The first-order valence-corrected chi connectivity index (χ1v) is 9.63. The first kappa shape index (κ1) is 21.0. The van der Waals surface area contributed by atoms with Crippen molar-refractivity contribution in [2.75, 3.05) is 26.2 Å². The molecule has 2 N–H and O–H groups in total. The van der Waals surface area contributed by atoms with Crippen LogP contribution >= 0.6 is 24.0 Å². The van der Waals surface area contributed by atoms with Gasteiger partial charge in [-0.25, -0.2) is 0 Å². The van der Waals surface area contributed by atoms with Crippen LogP contribution in [0.1, 0.15) is 43.7 Å². The van der Waals surface area contributed by atoms with Gasteiger partial charge in [-0.1, -0.05) is 24.3 Å². The summed E-state index contributed by atoms with van der Waals surface area (Å²) in [4.78, 5) is 19.1. The van der Waals surface area contributed by atoms with E-state index in [1.54, 1.807) is 0 Å². The Morgan fingerprint density at radius 1 is 1.23 bits per heavy atom. The Morgan fingerprint density at radius 2 is 2.00 bits per heavy atom. The molecule has 1 saturated carbocycles. The summed E-state index contributed by atoms with van der Waals surface area (Å²) < 4.78 is 0. The lowest BCUT2D eigenvalue weighted by Gasteiger charge is -2.29. The molecule has 3 rings (SSSR count). The van der Waals surface area contributed by atoms with E-state index in [0.29, 0.717) is 6.42 Å². The van der Waals surface area contributed by atoms with Gasteiger partial charge in [0, 0.05) is 39.1 Å². The number of fused-ring (bicyclic) bond motifs is 1. The summed E-state index contributed by atoms with van der Waals surface area (Å²) in [7, 11) is 0. The Kier molecular flexibility index (Phi) is 8.68.